The van der Waals surface area contributed by atoms with Crippen LogP contribution in [0.1, 0.15) is 80.1 Å². The van der Waals surface area contributed by atoms with Gasteiger partial charge in [0.05, 0.1) is 24.8 Å². The van der Waals surface area contributed by atoms with Gasteiger partial charge in [-0.1, -0.05) is 39.0 Å². The molecule has 0 saturated carbocycles. The molecule has 6 nitrogen and oxygen atoms in total. The molecule has 0 bridgehead atoms. The highest BCUT2D eigenvalue weighted by atomic mass is 16.5. The first-order valence-electron chi connectivity index (χ1n) is 12.8. The van der Waals surface area contributed by atoms with E-state index in [1.54, 1.807) is 13.4 Å². The number of amidine groups is 1. The lowest BCUT2D eigenvalue weighted by Gasteiger charge is -2.33. The second-order valence-corrected chi connectivity index (χ2v) is 10.6. The molecule has 6 heteroatoms. The second-order valence-electron chi connectivity index (χ2n) is 10.6. The molecule has 3 aromatic rings. The molecule has 35 heavy (non-hydrogen) atoms. The Hall–Kier alpha value is -3.15. The number of aliphatic imine (C=N–C) groups is 1. The fourth-order valence-electron chi connectivity index (χ4n) is 5.50. The lowest BCUT2D eigenvalue weighted by atomic mass is 9.77. The van der Waals surface area contributed by atoms with Crippen LogP contribution in [0.25, 0.3) is 5.69 Å². The standard InChI is InChI=1S/C29H37N5O/c1-7-29(4,5)23-15-21(11-10-19(23)2)22-9-8-14-33-17-25(31-27(22)33)24-12-13-26(28(32-24)35-6)34-16-20(3)30-18-34/h10-13,15-16,18,22,25H,7-9,14,17H2,1-6H3/t22-,25?/m0/s1. The maximum absolute atomic E-state index is 5.66. The largest absolute Gasteiger partial charge is 0.479 e. The first-order valence-corrected chi connectivity index (χ1v) is 12.8. The van der Waals surface area contributed by atoms with Crippen molar-refractivity contribution in [2.75, 3.05) is 20.2 Å². The molecule has 5 rings (SSSR count). The van der Waals surface area contributed by atoms with E-state index in [0.717, 1.165) is 43.0 Å². The average molecular weight is 472 g/mol. The molecule has 0 aliphatic carbocycles. The highest BCUT2D eigenvalue weighted by Gasteiger charge is 2.36. The Morgan fingerprint density at radius 3 is 2.69 bits per heavy atom. The normalized spacial score (nSPS) is 20.1. The van der Waals surface area contributed by atoms with Crippen LogP contribution < -0.4 is 4.74 Å². The van der Waals surface area contributed by atoms with Gasteiger partial charge in [-0.25, -0.2) is 9.97 Å². The number of imidazole rings is 1. The van der Waals surface area contributed by atoms with Gasteiger partial charge in [0.25, 0.3) is 0 Å². The van der Waals surface area contributed by atoms with Gasteiger partial charge in [-0.15, -0.1) is 0 Å². The van der Waals surface area contributed by atoms with Gasteiger partial charge >= 0.3 is 0 Å². The van der Waals surface area contributed by atoms with Crippen LogP contribution in [0.15, 0.2) is 47.8 Å². The number of piperidine rings is 1. The maximum Gasteiger partial charge on any atom is 0.238 e. The summed E-state index contributed by atoms with van der Waals surface area (Å²) >= 11 is 0. The van der Waals surface area contributed by atoms with Crippen molar-refractivity contribution in [3.63, 3.8) is 0 Å². The summed E-state index contributed by atoms with van der Waals surface area (Å²) < 4.78 is 7.62. The van der Waals surface area contributed by atoms with Crippen molar-refractivity contribution in [1.82, 2.24) is 19.4 Å². The first-order chi connectivity index (χ1) is 16.8. The summed E-state index contributed by atoms with van der Waals surface area (Å²) in [6.45, 7) is 13.1. The number of pyridine rings is 1. The van der Waals surface area contributed by atoms with Crippen LogP contribution in [0.5, 0.6) is 5.88 Å². The van der Waals surface area contributed by atoms with E-state index in [-0.39, 0.29) is 11.5 Å². The molecule has 2 aliphatic heterocycles. The summed E-state index contributed by atoms with van der Waals surface area (Å²) in [5.74, 6) is 2.17. The van der Waals surface area contributed by atoms with Gasteiger partial charge in [0.1, 0.15) is 17.6 Å². The number of rotatable bonds is 6. The Morgan fingerprint density at radius 2 is 1.97 bits per heavy atom. The van der Waals surface area contributed by atoms with Gasteiger partial charge in [0.2, 0.25) is 5.88 Å². The Kier molecular flexibility index (Phi) is 6.16. The molecule has 4 heterocycles. The lowest BCUT2D eigenvalue weighted by molar-refractivity contribution is 0.365. The highest BCUT2D eigenvalue weighted by molar-refractivity contribution is 5.91. The Morgan fingerprint density at radius 1 is 1.14 bits per heavy atom. The third-order valence-corrected chi connectivity index (χ3v) is 7.90. The van der Waals surface area contributed by atoms with Gasteiger partial charge in [0.15, 0.2) is 0 Å². The zero-order valence-electron chi connectivity index (χ0n) is 21.9. The molecule has 0 spiro atoms. The average Bonchev–Trinajstić information content (AvgIpc) is 3.50. The summed E-state index contributed by atoms with van der Waals surface area (Å²) in [7, 11) is 1.67. The predicted octanol–water partition coefficient (Wildman–Crippen LogP) is 5.91. The monoisotopic (exact) mass is 471 g/mol. The molecule has 1 aromatic carbocycles. The number of hydrogen-bond donors (Lipinski definition) is 0. The highest BCUT2D eigenvalue weighted by Crippen LogP contribution is 2.39. The molecule has 1 fully saturated rings. The number of benzene rings is 1. The number of methoxy groups -OCH3 is 1. The summed E-state index contributed by atoms with van der Waals surface area (Å²) in [5, 5.41) is 0. The van der Waals surface area contributed by atoms with Crippen LogP contribution in [0.4, 0.5) is 0 Å². The number of nitrogens with zero attached hydrogens (tertiary/aromatic N) is 5. The number of ether oxygens (including phenoxy) is 1. The van der Waals surface area contributed by atoms with Crippen molar-refractivity contribution in [1.29, 1.82) is 0 Å². The summed E-state index contributed by atoms with van der Waals surface area (Å²) in [6, 6.07) is 11.2. The quantitative estimate of drug-likeness (QED) is 0.448. The second kappa shape index (κ2) is 9.14. The fraction of sp³-hybridized carbons (Fsp3) is 0.483. The zero-order valence-corrected chi connectivity index (χ0v) is 21.9. The third kappa shape index (κ3) is 4.35. The summed E-state index contributed by atoms with van der Waals surface area (Å²) in [4.78, 5) is 17.0. The van der Waals surface area contributed by atoms with Crippen LogP contribution in [0.3, 0.4) is 0 Å². The fourth-order valence-corrected chi connectivity index (χ4v) is 5.50. The Balaban J connectivity index is 1.47. The minimum absolute atomic E-state index is 0.0232. The zero-order chi connectivity index (χ0) is 24.7. The number of aromatic nitrogens is 3. The Bertz CT molecular complexity index is 1260. The molecule has 184 valence electrons. The summed E-state index contributed by atoms with van der Waals surface area (Å²) in [5.41, 5.74) is 7.22. The molecule has 0 amide bonds. The minimum Gasteiger partial charge on any atom is -0.479 e. The van der Waals surface area contributed by atoms with Crippen molar-refractivity contribution in [3.05, 3.63) is 70.9 Å². The molecular weight excluding hydrogens is 434 g/mol. The summed E-state index contributed by atoms with van der Waals surface area (Å²) in [6.07, 6.45) is 7.23. The smallest absolute Gasteiger partial charge is 0.238 e. The van der Waals surface area contributed by atoms with E-state index in [2.05, 4.69) is 67.9 Å². The van der Waals surface area contributed by atoms with Crippen molar-refractivity contribution in [2.24, 2.45) is 4.99 Å². The molecule has 1 saturated heterocycles. The molecule has 2 aromatic heterocycles. The van der Waals surface area contributed by atoms with E-state index in [9.17, 15) is 0 Å². The van der Waals surface area contributed by atoms with Crippen molar-refractivity contribution in [2.45, 2.75) is 71.3 Å². The third-order valence-electron chi connectivity index (χ3n) is 7.90. The lowest BCUT2D eigenvalue weighted by Crippen LogP contribution is -2.37. The molecule has 1 unspecified atom stereocenters. The van der Waals surface area contributed by atoms with Crippen LogP contribution in [0.2, 0.25) is 0 Å². The van der Waals surface area contributed by atoms with Crippen LogP contribution in [0, 0.1) is 13.8 Å². The SMILES string of the molecule is CCC(C)(C)c1cc([C@@H]2CCCN3CC(c4ccc(-n5cnc(C)c5)c(OC)n4)N=C23)ccc1C. The van der Waals surface area contributed by atoms with Gasteiger partial charge in [0, 0.05) is 25.2 Å². The predicted molar refractivity (Wildman–Crippen MR) is 141 cm³/mol. The molecule has 2 aliphatic rings. The van der Waals surface area contributed by atoms with E-state index in [4.69, 9.17) is 14.7 Å². The van der Waals surface area contributed by atoms with Gasteiger partial charge in [-0.05, 0) is 67.3 Å². The molecule has 0 N–H and O–H groups in total. The minimum atomic E-state index is 0.0232. The van der Waals surface area contributed by atoms with Crippen LogP contribution in [-0.4, -0.2) is 45.5 Å². The number of fused-ring (bicyclic) bond motifs is 1. The van der Waals surface area contributed by atoms with E-state index in [1.807, 2.05) is 17.7 Å². The molecule has 0 radical (unpaired) electrons. The van der Waals surface area contributed by atoms with E-state index < -0.39 is 0 Å². The Labute approximate surface area is 209 Å². The van der Waals surface area contributed by atoms with E-state index >= 15 is 0 Å². The van der Waals surface area contributed by atoms with Gasteiger partial charge in [-0.3, -0.25) is 4.99 Å². The topological polar surface area (TPSA) is 55.5 Å². The first kappa shape index (κ1) is 23.6. The molecular formula is C29H37N5O. The number of hydrogen-bond acceptors (Lipinski definition) is 5. The molecule has 2 atom stereocenters. The number of aryl methyl sites for hydroxylation is 2. The van der Waals surface area contributed by atoms with E-state index in [1.165, 1.54) is 28.9 Å². The maximum atomic E-state index is 5.66. The van der Waals surface area contributed by atoms with Crippen LogP contribution >= 0.6 is 0 Å². The van der Waals surface area contributed by atoms with E-state index in [0.29, 0.717) is 11.8 Å². The van der Waals surface area contributed by atoms with Crippen molar-refractivity contribution in [3.8, 4) is 11.6 Å². The van der Waals surface area contributed by atoms with Crippen molar-refractivity contribution >= 4 is 5.84 Å². The van der Waals surface area contributed by atoms with Crippen LogP contribution in [-0.2, 0) is 5.41 Å². The van der Waals surface area contributed by atoms with Crippen molar-refractivity contribution < 1.29 is 4.74 Å². The van der Waals surface area contributed by atoms with Gasteiger partial charge in [-0.2, -0.15) is 0 Å². The van der Waals surface area contributed by atoms with Gasteiger partial charge < -0.3 is 14.2 Å².